The second-order valence-corrected chi connectivity index (χ2v) is 9.17. The van der Waals surface area contributed by atoms with E-state index in [0.29, 0.717) is 28.1 Å². The highest BCUT2D eigenvalue weighted by Crippen LogP contribution is 2.35. The Morgan fingerprint density at radius 2 is 1.97 bits per heavy atom. The van der Waals surface area contributed by atoms with Gasteiger partial charge in [0.2, 0.25) is 0 Å². The van der Waals surface area contributed by atoms with E-state index in [-0.39, 0.29) is 23.7 Å². The van der Waals surface area contributed by atoms with Gasteiger partial charge in [0.15, 0.2) is 0 Å². The van der Waals surface area contributed by atoms with Gasteiger partial charge in [0.1, 0.15) is 5.82 Å². The maximum Gasteiger partial charge on any atom is 0.256 e. The first kappa shape index (κ1) is 20.9. The number of nitrogens with zero attached hydrogens (tertiary/aromatic N) is 2. The second-order valence-electron chi connectivity index (χ2n) is 9.17. The molecule has 7 heteroatoms. The van der Waals surface area contributed by atoms with E-state index in [9.17, 15) is 14.0 Å². The van der Waals surface area contributed by atoms with Crippen LogP contribution in [0.5, 0.6) is 0 Å². The summed E-state index contributed by atoms with van der Waals surface area (Å²) in [6.07, 6.45) is 6.30. The number of hydrogen-bond donors (Lipinski definition) is 2. The number of nitrogens with one attached hydrogen (secondary N) is 2. The molecule has 32 heavy (non-hydrogen) atoms. The Labute approximate surface area is 187 Å². The number of likely N-dealkylation sites (tertiary alicyclic amines) is 2. The number of halogens is 1. The monoisotopic (exact) mass is 436 g/mol. The number of hydrogen-bond acceptors (Lipinski definition) is 3. The van der Waals surface area contributed by atoms with Crippen molar-refractivity contribution in [3.05, 3.63) is 52.1 Å². The summed E-state index contributed by atoms with van der Waals surface area (Å²) in [5.74, 6) is -0.597. The summed E-state index contributed by atoms with van der Waals surface area (Å²) < 4.78 is 13.8. The van der Waals surface area contributed by atoms with E-state index < -0.39 is 0 Å². The van der Waals surface area contributed by atoms with Crippen molar-refractivity contribution in [3.63, 3.8) is 0 Å². The van der Waals surface area contributed by atoms with Crippen LogP contribution in [-0.4, -0.2) is 58.8 Å². The Hall–Kier alpha value is -2.93. The molecule has 2 saturated heterocycles. The standard InChI is InChI=1S/C25H29FN4O2/c1-15-22(13-20-19-12-17(26)7-8-21(19)28-24(20)31)27-16(2)23(15)25(32)30-11-5-6-18(30)14-29-9-3-4-10-29/h7-8,12-13,18,27H,3-6,9-11,14H2,1-2H3,(H,28,31)/t18-/m0/s1. The number of aromatic amines is 1. The van der Waals surface area contributed by atoms with Gasteiger partial charge in [-0.2, -0.15) is 0 Å². The molecule has 0 spiro atoms. The van der Waals surface area contributed by atoms with Crippen LogP contribution >= 0.6 is 0 Å². The lowest BCUT2D eigenvalue weighted by Gasteiger charge is -2.28. The van der Waals surface area contributed by atoms with Gasteiger partial charge in [-0.05, 0) is 82.5 Å². The third kappa shape index (κ3) is 3.64. The molecule has 2 N–H and O–H groups in total. The maximum atomic E-state index is 13.8. The van der Waals surface area contributed by atoms with Crippen LogP contribution in [0.4, 0.5) is 10.1 Å². The molecule has 2 aromatic rings. The average Bonchev–Trinajstić information content (AvgIpc) is 3.53. The van der Waals surface area contributed by atoms with Gasteiger partial charge in [0.05, 0.1) is 11.1 Å². The van der Waals surface area contributed by atoms with Crippen molar-refractivity contribution < 1.29 is 14.0 Å². The van der Waals surface area contributed by atoms with Crippen molar-refractivity contribution in [3.8, 4) is 0 Å². The molecule has 168 valence electrons. The molecule has 4 heterocycles. The number of aromatic nitrogens is 1. The SMILES string of the molecule is Cc1[nH]c(C=C2C(=O)Nc3ccc(F)cc32)c(C)c1C(=O)N1CCC[C@H]1CN1CCCC1. The summed E-state index contributed by atoms with van der Waals surface area (Å²) in [4.78, 5) is 33.9. The van der Waals surface area contributed by atoms with Gasteiger partial charge in [-0.25, -0.2) is 4.39 Å². The van der Waals surface area contributed by atoms with Gasteiger partial charge in [-0.15, -0.1) is 0 Å². The Bertz CT molecular complexity index is 1110. The van der Waals surface area contributed by atoms with E-state index in [1.54, 1.807) is 12.1 Å². The smallest absolute Gasteiger partial charge is 0.256 e. The van der Waals surface area contributed by atoms with Gasteiger partial charge in [0, 0.05) is 41.8 Å². The highest BCUT2D eigenvalue weighted by atomic mass is 19.1. The number of fused-ring (bicyclic) bond motifs is 1. The fraction of sp³-hybridized carbons (Fsp3) is 0.440. The molecular weight excluding hydrogens is 407 g/mol. The lowest BCUT2D eigenvalue weighted by molar-refractivity contribution is -0.110. The summed E-state index contributed by atoms with van der Waals surface area (Å²) in [5, 5.41) is 2.78. The number of anilines is 1. The lowest BCUT2D eigenvalue weighted by atomic mass is 10.0. The fourth-order valence-corrected chi connectivity index (χ4v) is 5.39. The summed E-state index contributed by atoms with van der Waals surface area (Å²) in [7, 11) is 0. The molecule has 1 aromatic heterocycles. The number of amides is 2. The summed E-state index contributed by atoms with van der Waals surface area (Å²) >= 11 is 0. The van der Waals surface area contributed by atoms with Crippen molar-refractivity contribution >= 4 is 29.2 Å². The van der Waals surface area contributed by atoms with Crippen molar-refractivity contribution in [1.29, 1.82) is 0 Å². The number of aryl methyl sites for hydroxylation is 1. The highest BCUT2D eigenvalue weighted by molar-refractivity contribution is 6.34. The molecule has 0 bridgehead atoms. The minimum Gasteiger partial charge on any atom is -0.358 e. The maximum absolute atomic E-state index is 13.8. The summed E-state index contributed by atoms with van der Waals surface area (Å²) in [6.45, 7) is 7.80. The van der Waals surface area contributed by atoms with Crippen molar-refractivity contribution in [2.24, 2.45) is 0 Å². The van der Waals surface area contributed by atoms with Crippen LogP contribution in [0.15, 0.2) is 18.2 Å². The average molecular weight is 437 g/mol. The minimum absolute atomic E-state index is 0.0601. The van der Waals surface area contributed by atoms with Crippen molar-refractivity contribution in [1.82, 2.24) is 14.8 Å². The van der Waals surface area contributed by atoms with Gasteiger partial charge >= 0.3 is 0 Å². The predicted molar refractivity (Wildman–Crippen MR) is 123 cm³/mol. The topological polar surface area (TPSA) is 68.4 Å². The molecule has 0 radical (unpaired) electrons. The van der Waals surface area contributed by atoms with Gasteiger partial charge in [-0.1, -0.05) is 0 Å². The largest absolute Gasteiger partial charge is 0.358 e. The molecule has 1 atom stereocenters. The van der Waals surface area contributed by atoms with Crippen molar-refractivity contribution in [2.45, 2.75) is 45.6 Å². The summed E-state index contributed by atoms with van der Waals surface area (Å²) in [6, 6.07) is 4.52. The molecule has 5 rings (SSSR count). The van der Waals surface area contributed by atoms with Crippen LogP contribution in [0.2, 0.25) is 0 Å². The zero-order valence-corrected chi connectivity index (χ0v) is 18.6. The van der Waals surface area contributed by atoms with Gasteiger partial charge in [-0.3, -0.25) is 9.59 Å². The molecule has 3 aliphatic heterocycles. The third-order valence-corrected chi connectivity index (χ3v) is 7.05. The molecule has 2 amide bonds. The zero-order chi connectivity index (χ0) is 22.4. The minimum atomic E-state index is -0.389. The van der Waals surface area contributed by atoms with Crippen LogP contribution in [0.25, 0.3) is 11.6 Å². The van der Waals surface area contributed by atoms with Crippen LogP contribution < -0.4 is 5.32 Å². The Morgan fingerprint density at radius 3 is 2.75 bits per heavy atom. The number of rotatable bonds is 4. The Morgan fingerprint density at radius 1 is 1.19 bits per heavy atom. The Kier molecular flexibility index (Phi) is 5.37. The molecule has 0 unspecified atom stereocenters. The van der Waals surface area contributed by atoms with Crippen LogP contribution in [0.3, 0.4) is 0 Å². The van der Waals surface area contributed by atoms with Crippen molar-refractivity contribution in [2.75, 3.05) is 31.5 Å². The number of H-pyrrole nitrogens is 1. The molecular formula is C25H29FN4O2. The van der Waals surface area contributed by atoms with E-state index in [1.165, 1.54) is 25.0 Å². The number of benzene rings is 1. The second kappa shape index (κ2) is 8.20. The first-order chi connectivity index (χ1) is 15.4. The quantitative estimate of drug-likeness (QED) is 0.713. The Balaban J connectivity index is 1.43. The number of carbonyl (C=O) groups excluding carboxylic acids is 2. The molecule has 0 aliphatic carbocycles. The van der Waals surface area contributed by atoms with Crippen LogP contribution in [0, 0.1) is 19.7 Å². The zero-order valence-electron chi connectivity index (χ0n) is 18.6. The third-order valence-electron chi connectivity index (χ3n) is 7.05. The van der Waals surface area contributed by atoms with E-state index in [1.807, 2.05) is 18.7 Å². The van der Waals surface area contributed by atoms with E-state index in [2.05, 4.69) is 15.2 Å². The molecule has 1 aromatic carbocycles. The summed E-state index contributed by atoms with van der Waals surface area (Å²) in [5.41, 5.74) is 4.55. The van der Waals surface area contributed by atoms with Crippen LogP contribution in [-0.2, 0) is 4.79 Å². The highest BCUT2D eigenvalue weighted by Gasteiger charge is 2.34. The first-order valence-corrected chi connectivity index (χ1v) is 11.5. The van der Waals surface area contributed by atoms with E-state index in [4.69, 9.17) is 0 Å². The predicted octanol–water partition coefficient (Wildman–Crippen LogP) is 3.96. The van der Waals surface area contributed by atoms with E-state index in [0.717, 1.165) is 50.3 Å². The van der Waals surface area contributed by atoms with Crippen LogP contribution in [0.1, 0.15) is 58.6 Å². The van der Waals surface area contributed by atoms with Gasteiger partial charge < -0.3 is 20.1 Å². The first-order valence-electron chi connectivity index (χ1n) is 11.5. The molecule has 6 nitrogen and oxygen atoms in total. The fourth-order valence-electron chi connectivity index (χ4n) is 5.39. The molecule has 3 aliphatic rings. The molecule has 0 saturated carbocycles. The van der Waals surface area contributed by atoms with Gasteiger partial charge in [0.25, 0.3) is 11.8 Å². The normalized spacial score (nSPS) is 22.1. The molecule has 2 fully saturated rings. The van der Waals surface area contributed by atoms with E-state index >= 15 is 0 Å². The lowest BCUT2D eigenvalue weighted by Crippen LogP contribution is -2.42. The number of carbonyl (C=O) groups is 2.